The Bertz CT molecular complexity index is 528. The molecule has 1 heterocycles. The van der Waals surface area contributed by atoms with Crippen molar-refractivity contribution in [3.05, 3.63) is 30.1 Å². The summed E-state index contributed by atoms with van der Waals surface area (Å²) >= 11 is 0. The van der Waals surface area contributed by atoms with Gasteiger partial charge in [0.15, 0.2) is 0 Å². The summed E-state index contributed by atoms with van der Waals surface area (Å²) < 4.78 is 13.2. The van der Waals surface area contributed by atoms with E-state index in [0.29, 0.717) is 25.6 Å². The van der Waals surface area contributed by atoms with Crippen LogP contribution < -0.4 is 4.90 Å². The van der Waals surface area contributed by atoms with Crippen LogP contribution in [0, 0.1) is 5.82 Å². The van der Waals surface area contributed by atoms with Gasteiger partial charge >= 0.3 is 0 Å². The Kier molecular flexibility index (Phi) is 5.16. The Morgan fingerprint density at radius 1 is 1.22 bits per heavy atom. The van der Waals surface area contributed by atoms with Gasteiger partial charge in [-0.05, 0) is 43.5 Å². The smallest absolute Gasteiger partial charge is 0.222 e. The molecule has 5 heteroatoms. The van der Waals surface area contributed by atoms with E-state index in [0.717, 1.165) is 31.5 Å². The molecule has 126 valence electrons. The predicted molar refractivity (Wildman–Crippen MR) is 87.8 cm³/mol. The molecule has 1 aliphatic heterocycles. The number of nitrogens with zero attached hydrogens (tertiary/aromatic N) is 2. The fourth-order valence-electron chi connectivity index (χ4n) is 3.75. The Labute approximate surface area is 136 Å². The average Bonchev–Trinajstić information content (AvgIpc) is 3.19. The number of likely N-dealkylation sites (tertiary alicyclic amines) is 1. The van der Waals surface area contributed by atoms with E-state index in [2.05, 4.69) is 4.90 Å². The molecule has 0 spiro atoms. The quantitative estimate of drug-likeness (QED) is 0.876. The van der Waals surface area contributed by atoms with E-state index < -0.39 is 6.10 Å². The molecular formula is C18H25FN2O2. The van der Waals surface area contributed by atoms with Crippen molar-refractivity contribution in [1.29, 1.82) is 0 Å². The Balaban J connectivity index is 1.67. The van der Waals surface area contributed by atoms with Gasteiger partial charge in [-0.1, -0.05) is 12.8 Å². The summed E-state index contributed by atoms with van der Waals surface area (Å²) in [6.45, 7) is 1.62. The summed E-state index contributed by atoms with van der Waals surface area (Å²) in [6, 6.07) is 6.88. The summed E-state index contributed by atoms with van der Waals surface area (Å²) in [6.07, 6.45) is 5.50. The lowest BCUT2D eigenvalue weighted by molar-refractivity contribution is -0.128. The monoisotopic (exact) mass is 320 g/mol. The molecule has 1 saturated carbocycles. The average molecular weight is 320 g/mol. The molecule has 2 aliphatic rings. The molecule has 23 heavy (non-hydrogen) atoms. The van der Waals surface area contributed by atoms with Crippen LogP contribution in [0.25, 0.3) is 0 Å². The number of carbonyl (C=O) groups is 1. The van der Waals surface area contributed by atoms with E-state index in [-0.39, 0.29) is 11.7 Å². The number of halogens is 1. The number of hydrogen-bond donors (Lipinski definition) is 1. The molecule has 3 rings (SSSR count). The highest BCUT2D eigenvalue weighted by atomic mass is 19.1. The first-order chi connectivity index (χ1) is 11.1. The van der Waals surface area contributed by atoms with E-state index in [1.807, 2.05) is 0 Å². The minimum atomic E-state index is -0.581. The standard InChI is InChI=1S/C18H25FN2O2/c19-14-7-9-16(10-8-14)21(15-4-1-2-5-15)13-17(22)12-20-11-3-6-18(20)23/h7-10,15,17,22H,1-6,11-13H2. The fraction of sp³-hybridized carbons (Fsp3) is 0.611. The van der Waals surface area contributed by atoms with Crippen LogP contribution in [0.4, 0.5) is 10.1 Å². The van der Waals surface area contributed by atoms with E-state index in [1.165, 1.54) is 25.0 Å². The van der Waals surface area contributed by atoms with Gasteiger partial charge in [-0.15, -0.1) is 0 Å². The molecule has 0 aromatic heterocycles. The highest BCUT2D eigenvalue weighted by molar-refractivity contribution is 5.78. The minimum Gasteiger partial charge on any atom is -0.389 e. The van der Waals surface area contributed by atoms with Crippen LogP contribution in [0.15, 0.2) is 24.3 Å². The van der Waals surface area contributed by atoms with E-state index >= 15 is 0 Å². The second kappa shape index (κ2) is 7.30. The molecule has 0 bridgehead atoms. The van der Waals surface area contributed by atoms with Crippen molar-refractivity contribution >= 4 is 11.6 Å². The van der Waals surface area contributed by atoms with E-state index in [4.69, 9.17) is 0 Å². The molecule has 1 atom stereocenters. The van der Waals surface area contributed by atoms with Crippen LogP contribution in [-0.2, 0) is 4.79 Å². The Hall–Kier alpha value is -1.62. The highest BCUT2D eigenvalue weighted by Gasteiger charge is 2.27. The second-order valence-corrected chi connectivity index (χ2v) is 6.66. The van der Waals surface area contributed by atoms with Gasteiger partial charge in [0.05, 0.1) is 6.10 Å². The maximum atomic E-state index is 13.2. The lowest BCUT2D eigenvalue weighted by Gasteiger charge is -2.34. The molecule has 0 radical (unpaired) electrons. The van der Waals surface area contributed by atoms with Crippen molar-refractivity contribution < 1.29 is 14.3 Å². The zero-order valence-electron chi connectivity index (χ0n) is 13.5. The molecule has 1 saturated heterocycles. The van der Waals surface area contributed by atoms with Crippen molar-refractivity contribution in [3.8, 4) is 0 Å². The first kappa shape index (κ1) is 16.2. The number of amides is 1. The zero-order chi connectivity index (χ0) is 16.2. The van der Waals surface area contributed by atoms with E-state index in [1.54, 1.807) is 17.0 Å². The van der Waals surface area contributed by atoms with Crippen molar-refractivity contribution in [1.82, 2.24) is 4.90 Å². The van der Waals surface area contributed by atoms with Crippen LogP contribution in [-0.4, -0.2) is 47.7 Å². The Morgan fingerprint density at radius 3 is 2.52 bits per heavy atom. The topological polar surface area (TPSA) is 43.8 Å². The van der Waals surface area contributed by atoms with Gasteiger partial charge in [0.2, 0.25) is 5.91 Å². The molecule has 1 unspecified atom stereocenters. The van der Waals surface area contributed by atoms with Crippen LogP contribution >= 0.6 is 0 Å². The highest BCUT2D eigenvalue weighted by Crippen LogP contribution is 2.28. The van der Waals surface area contributed by atoms with Crippen molar-refractivity contribution in [2.24, 2.45) is 0 Å². The molecular weight excluding hydrogens is 295 g/mol. The van der Waals surface area contributed by atoms with Crippen LogP contribution in [0.2, 0.25) is 0 Å². The molecule has 1 aromatic carbocycles. The number of aliphatic hydroxyl groups is 1. The molecule has 1 aliphatic carbocycles. The summed E-state index contributed by atoms with van der Waals surface area (Å²) in [7, 11) is 0. The number of benzene rings is 1. The van der Waals surface area contributed by atoms with Crippen LogP contribution in [0.5, 0.6) is 0 Å². The predicted octanol–water partition coefficient (Wildman–Crippen LogP) is 2.56. The molecule has 1 aromatic rings. The van der Waals surface area contributed by atoms with Gasteiger partial charge in [0, 0.05) is 37.8 Å². The van der Waals surface area contributed by atoms with E-state index in [9.17, 15) is 14.3 Å². The van der Waals surface area contributed by atoms with Crippen molar-refractivity contribution in [3.63, 3.8) is 0 Å². The molecule has 2 fully saturated rings. The van der Waals surface area contributed by atoms with Crippen molar-refractivity contribution in [2.75, 3.05) is 24.5 Å². The lowest BCUT2D eigenvalue weighted by Crippen LogP contribution is -2.44. The molecule has 1 N–H and O–H groups in total. The van der Waals surface area contributed by atoms with Crippen LogP contribution in [0.1, 0.15) is 38.5 Å². The first-order valence-electron chi connectivity index (χ1n) is 8.61. The number of aliphatic hydroxyl groups excluding tert-OH is 1. The van der Waals surface area contributed by atoms with Gasteiger partial charge < -0.3 is 14.9 Å². The second-order valence-electron chi connectivity index (χ2n) is 6.66. The van der Waals surface area contributed by atoms with Gasteiger partial charge in [0.1, 0.15) is 5.82 Å². The largest absolute Gasteiger partial charge is 0.389 e. The maximum absolute atomic E-state index is 13.2. The SMILES string of the molecule is O=C1CCCN1CC(O)CN(c1ccc(F)cc1)C1CCCC1. The zero-order valence-corrected chi connectivity index (χ0v) is 13.5. The summed E-state index contributed by atoms with van der Waals surface area (Å²) in [4.78, 5) is 15.7. The number of β-amino-alcohol motifs (C(OH)–C–C–N with tert-alkyl or cyclic N) is 1. The normalized spacial score (nSPS) is 20.3. The van der Waals surface area contributed by atoms with Gasteiger partial charge in [-0.25, -0.2) is 4.39 Å². The number of anilines is 1. The fourth-order valence-corrected chi connectivity index (χ4v) is 3.75. The third kappa shape index (κ3) is 4.02. The third-order valence-electron chi connectivity index (χ3n) is 4.93. The van der Waals surface area contributed by atoms with Gasteiger partial charge in [-0.2, -0.15) is 0 Å². The van der Waals surface area contributed by atoms with Crippen LogP contribution in [0.3, 0.4) is 0 Å². The maximum Gasteiger partial charge on any atom is 0.222 e. The summed E-state index contributed by atoms with van der Waals surface area (Å²) in [5.41, 5.74) is 0.949. The van der Waals surface area contributed by atoms with Gasteiger partial charge in [-0.3, -0.25) is 4.79 Å². The number of rotatable bonds is 6. The lowest BCUT2D eigenvalue weighted by atomic mass is 10.1. The summed E-state index contributed by atoms with van der Waals surface area (Å²) in [5.74, 6) is -0.110. The van der Waals surface area contributed by atoms with Gasteiger partial charge in [0.25, 0.3) is 0 Å². The first-order valence-corrected chi connectivity index (χ1v) is 8.61. The minimum absolute atomic E-state index is 0.137. The Morgan fingerprint density at radius 2 is 1.91 bits per heavy atom. The number of hydrogen-bond acceptors (Lipinski definition) is 3. The summed E-state index contributed by atoms with van der Waals surface area (Å²) in [5, 5.41) is 10.5. The number of carbonyl (C=O) groups excluding carboxylic acids is 1. The molecule has 4 nitrogen and oxygen atoms in total. The van der Waals surface area contributed by atoms with Crippen molar-refractivity contribution in [2.45, 2.75) is 50.7 Å². The molecule has 1 amide bonds. The third-order valence-corrected chi connectivity index (χ3v) is 4.93.